The predicted molar refractivity (Wildman–Crippen MR) is 106 cm³/mol. The Bertz CT molecular complexity index is 968. The Morgan fingerprint density at radius 2 is 1.82 bits per heavy atom. The fourth-order valence-electron chi connectivity index (χ4n) is 3.32. The SMILES string of the molecule is O/N=C(\COc1ccc2c(c1)OC(c1ccc(O)cc1)CC2)c1ccccc1. The number of aryl methyl sites for hydroxylation is 1. The first-order valence-electron chi connectivity index (χ1n) is 9.20. The average Bonchev–Trinajstić information content (AvgIpc) is 2.75. The number of phenols is 1. The van der Waals surface area contributed by atoms with Gasteiger partial charge in [0.05, 0.1) is 0 Å². The lowest BCUT2D eigenvalue weighted by Crippen LogP contribution is -2.16. The van der Waals surface area contributed by atoms with Crippen molar-refractivity contribution >= 4 is 5.71 Å². The molecule has 0 bridgehead atoms. The Morgan fingerprint density at radius 3 is 2.57 bits per heavy atom. The second-order valence-electron chi connectivity index (χ2n) is 6.71. The summed E-state index contributed by atoms with van der Waals surface area (Å²) in [5.41, 5.74) is 3.45. The van der Waals surface area contributed by atoms with Crippen LogP contribution in [0.15, 0.2) is 78.0 Å². The van der Waals surface area contributed by atoms with E-state index in [1.54, 1.807) is 12.1 Å². The van der Waals surface area contributed by atoms with Crippen LogP contribution in [-0.2, 0) is 6.42 Å². The van der Waals surface area contributed by atoms with Crippen molar-refractivity contribution in [2.24, 2.45) is 5.16 Å². The third-order valence-corrected chi connectivity index (χ3v) is 4.85. The van der Waals surface area contributed by atoms with Gasteiger partial charge in [-0.2, -0.15) is 0 Å². The molecule has 0 spiro atoms. The molecule has 28 heavy (non-hydrogen) atoms. The zero-order chi connectivity index (χ0) is 19.3. The number of aromatic hydroxyl groups is 1. The van der Waals surface area contributed by atoms with Crippen molar-refractivity contribution in [1.29, 1.82) is 0 Å². The minimum atomic E-state index is -0.0535. The Hall–Kier alpha value is -3.47. The molecular weight excluding hydrogens is 354 g/mol. The number of fused-ring (bicyclic) bond motifs is 1. The molecule has 1 aliphatic rings. The van der Waals surface area contributed by atoms with Crippen molar-refractivity contribution in [3.8, 4) is 17.2 Å². The molecule has 0 aliphatic carbocycles. The van der Waals surface area contributed by atoms with Gasteiger partial charge >= 0.3 is 0 Å². The van der Waals surface area contributed by atoms with Gasteiger partial charge in [-0.05, 0) is 42.2 Å². The van der Waals surface area contributed by atoms with Crippen LogP contribution in [0.5, 0.6) is 17.2 Å². The third kappa shape index (κ3) is 3.93. The Kier molecular flexibility index (Phi) is 5.15. The normalized spacial score (nSPS) is 16.1. The lowest BCUT2D eigenvalue weighted by Gasteiger charge is -2.27. The molecule has 4 rings (SSSR count). The topological polar surface area (TPSA) is 71.3 Å². The average molecular weight is 375 g/mol. The van der Waals surface area contributed by atoms with E-state index in [1.807, 2.05) is 60.7 Å². The van der Waals surface area contributed by atoms with E-state index in [1.165, 1.54) is 0 Å². The van der Waals surface area contributed by atoms with Crippen LogP contribution in [0.25, 0.3) is 0 Å². The van der Waals surface area contributed by atoms with Gasteiger partial charge < -0.3 is 19.8 Å². The highest BCUT2D eigenvalue weighted by Gasteiger charge is 2.22. The molecule has 1 heterocycles. The zero-order valence-electron chi connectivity index (χ0n) is 15.3. The van der Waals surface area contributed by atoms with E-state index >= 15 is 0 Å². The lowest BCUT2D eigenvalue weighted by molar-refractivity contribution is 0.175. The van der Waals surface area contributed by atoms with Crippen LogP contribution in [0.2, 0.25) is 0 Å². The number of nitrogens with zero attached hydrogens (tertiary/aromatic N) is 1. The van der Waals surface area contributed by atoms with Crippen LogP contribution >= 0.6 is 0 Å². The van der Waals surface area contributed by atoms with Crippen molar-refractivity contribution in [2.75, 3.05) is 6.61 Å². The summed E-state index contributed by atoms with van der Waals surface area (Å²) in [6, 6.07) is 22.3. The zero-order valence-corrected chi connectivity index (χ0v) is 15.3. The number of hydrogen-bond donors (Lipinski definition) is 2. The van der Waals surface area contributed by atoms with Gasteiger partial charge in [0.2, 0.25) is 0 Å². The smallest absolute Gasteiger partial charge is 0.134 e. The fraction of sp³-hybridized carbons (Fsp3) is 0.174. The first kappa shape index (κ1) is 17.9. The summed E-state index contributed by atoms with van der Waals surface area (Å²) >= 11 is 0. The quantitative estimate of drug-likeness (QED) is 0.385. The summed E-state index contributed by atoms with van der Waals surface area (Å²) in [6.45, 7) is 0.153. The van der Waals surface area contributed by atoms with Crippen LogP contribution < -0.4 is 9.47 Å². The number of hydrogen-bond acceptors (Lipinski definition) is 5. The van der Waals surface area contributed by atoms with Gasteiger partial charge in [-0.25, -0.2) is 0 Å². The van der Waals surface area contributed by atoms with Crippen molar-refractivity contribution in [3.63, 3.8) is 0 Å². The number of oxime groups is 1. The second-order valence-corrected chi connectivity index (χ2v) is 6.71. The maximum atomic E-state index is 9.47. The summed E-state index contributed by atoms with van der Waals surface area (Å²) in [7, 11) is 0. The molecule has 0 fully saturated rings. The van der Waals surface area contributed by atoms with Gasteiger partial charge in [0.25, 0.3) is 0 Å². The number of phenolic OH excluding ortho intramolecular Hbond substituents is 1. The molecule has 0 saturated heterocycles. The minimum Gasteiger partial charge on any atom is -0.508 e. The van der Waals surface area contributed by atoms with Gasteiger partial charge in [-0.3, -0.25) is 0 Å². The number of benzene rings is 3. The largest absolute Gasteiger partial charge is 0.508 e. The molecule has 2 N–H and O–H groups in total. The highest BCUT2D eigenvalue weighted by Crippen LogP contribution is 2.37. The summed E-state index contributed by atoms with van der Waals surface area (Å²) in [6.07, 6.45) is 1.74. The van der Waals surface area contributed by atoms with Gasteiger partial charge in [-0.1, -0.05) is 53.7 Å². The van der Waals surface area contributed by atoms with Gasteiger partial charge in [0, 0.05) is 11.6 Å². The maximum Gasteiger partial charge on any atom is 0.134 e. The van der Waals surface area contributed by atoms with Crippen molar-refractivity contribution in [3.05, 3.63) is 89.5 Å². The molecule has 0 amide bonds. The van der Waals surface area contributed by atoms with E-state index in [0.29, 0.717) is 11.5 Å². The molecule has 5 heteroatoms. The minimum absolute atomic E-state index is 0.0535. The molecule has 0 aromatic heterocycles. The molecule has 0 radical (unpaired) electrons. The van der Waals surface area contributed by atoms with Crippen LogP contribution in [0, 0.1) is 0 Å². The molecule has 1 atom stereocenters. The van der Waals surface area contributed by atoms with Crippen LogP contribution in [-0.4, -0.2) is 22.6 Å². The number of rotatable bonds is 5. The van der Waals surface area contributed by atoms with Crippen molar-refractivity contribution in [1.82, 2.24) is 0 Å². The Balaban J connectivity index is 1.46. The fourth-order valence-corrected chi connectivity index (χ4v) is 3.32. The molecule has 142 valence electrons. The van der Waals surface area contributed by atoms with Crippen molar-refractivity contribution in [2.45, 2.75) is 18.9 Å². The predicted octanol–water partition coefficient (Wildman–Crippen LogP) is 4.72. The number of ether oxygens (including phenoxy) is 2. The van der Waals surface area contributed by atoms with E-state index in [9.17, 15) is 10.3 Å². The Morgan fingerprint density at radius 1 is 1.04 bits per heavy atom. The second kappa shape index (κ2) is 8.05. The molecule has 3 aromatic rings. The van der Waals surface area contributed by atoms with Gasteiger partial charge in [-0.15, -0.1) is 0 Å². The van der Waals surface area contributed by atoms with E-state index in [2.05, 4.69) is 5.16 Å². The van der Waals surface area contributed by atoms with Crippen LogP contribution in [0.4, 0.5) is 0 Å². The molecule has 1 unspecified atom stereocenters. The monoisotopic (exact) mass is 375 g/mol. The summed E-state index contributed by atoms with van der Waals surface area (Å²) in [5, 5.41) is 22.1. The van der Waals surface area contributed by atoms with E-state index in [0.717, 1.165) is 35.3 Å². The molecule has 1 aliphatic heterocycles. The molecule has 0 saturated carbocycles. The Labute approximate surface area is 163 Å². The van der Waals surface area contributed by atoms with E-state index < -0.39 is 0 Å². The third-order valence-electron chi connectivity index (χ3n) is 4.85. The summed E-state index contributed by atoms with van der Waals surface area (Å²) < 4.78 is 12.0. The van der Waals surface area contributed by atoms with Gasteiger partial charge in [0.1, 0.15) is 35.7 Å². The lowest BCUT2D eigenvalue weighted by atomic mass is 9.97. The maximum absolute atomic E-state index is 9.47. The molecule has 5 nitrogen and oxygen atoms in total. The highest BCUT2D eigenvalue weighted by molar-refractivity contribution is 6.01. The molecular formula is C23H21NO4. The highest BCUT2D eigenvalue weighted by atomic mass is 16.5. The standard InChI is InChI=1S/C23H21NO4/c25-19-10-6-17(7-11-19)22-13-9-18-8-12-20(14-23(18)28-22)27-15-21(24-26)16-4-2-1-3-5-16/h1-8,10-12,14,22,25-26H,9,13,15H2/b24-21+. The van der Waals surface area contributed by atoms with Crippen LogP contribution in [0.3, 0.4) is 0 Å². The molecule has 3 aromatic carbocycles. The summed E-state index contributed by atoms with van der Waals surface area (Å²) in [5.74, 6) is 1.70. The van der Waals surface area contributed by atoms with E-state index in [4.69, 9.17) is 9.47 Å². The first-order chi connectivity index (χ1) is 13.7. The van der Waals surface area contributed by atoms with Gasteiger partial charge in [0.15, 0.2) is 0 Å². The van der Waals surface area contributed by atoms with Crippen LogP contribution in [0.1, 0.15) is 29.2 Å². The van der Waals surface area contributed by atoms with E-state index in [-0.39, 0.29) is 18.5 Å². The van der Waals surface area contributed by atoms with Crippen molar-refractivity contribution < 1.29 is 19.8 Å². The summed E-state index contributed by atoms with van der Waals surface area (Å²) in [4.78, 5) is 0. The first-order valence-corrected chi connectivity index (χ1v) is 9.20.